The van der Waals surface area contributed by atoms with Gasteiger partial charge in [0.15, 0.2) is 5.78 Å². The Hall–Kier alpha value is -2.59. The Bertz CT molecular complexity index is 850. The van der Waals surface area contributed by atoms with Gasteiger partial charge >= 0.3 is 0 Å². The van der Waals surface area contributed by atoms with Gasteiger partial charge in [-0.3, -0.25) is 4.79 Å². The molecule has 0 N–H and O–H groups in total. The molecule has 1 heterocycles. The Kier molecular flexibility index (Phi) is 5.29. The summed E-state index contributed by atoms with van der Waals surface area (Å²) in [5.41, 5.74) is 0.625. The Balaban J connectivity index is 1.60. The van der Waals surface area contributed by atoms with E-state index in [0.29, 0.717) is 23.7 Å². The molecule has 1 aromatic heterocycles. The summed E-state index contributed by atoms with van der Waals surface area (Å²) in [6.45, 7) is 0.345. The molecular formula is C20H15BrO3. The van der Waals surface area contributed by atoms with E-state index >= 15 is 0 Å². The van der Waals surface area contributed by atoms with E-state index < -0.39 is 0 Å². The molecular weight excluding hydrogens is 368 g/mol. The van der Waals surface area contributed by atoms with E-state index in [4.69, 9.17) is 9.15 Å². The van der Waals surface area contributed by atoms with Crippen molar-refractivity contribution in [2.75, 3.05) is 0 Å². The quantitative estimate of drug-likeness (QED) is 0.416. The van der Waals surface area contributed by atoms with Crippen molar-refractivity contribution in [2.45, 2.75) is 6.61 Å². The minimum absolute atomic E-state index is 0.0743. The van der Waals surface area contributed by atoms with Crippen LogP contribution >= 0.6 is 15.9 Å². The van der Waals surface area contributed by atoms with Crippen molar-refractivity contribution in [3.63, 3.8) is 0 Å². The molecule has 0 atom stereocenters. The minimum atomic E-state index is -0.0743. The molecule has 0 saturated carbocycles. The third kappa shape index (κ3) is 4.46. The molecule has 0 bridgehead atoms. The highest BCUT2D eigenvalue weighted by Gasteiger charge is 2.04. The molecule has 4 heteroatoms. The molecule has 0 fully saturated rings. The summed E-state index contributed by atoms with van der Waals surface area (Å²) in [7, 11) is 0. The smallest absolute Gasteiger partial charge is 0.186 e. The molecule has 0 unspecified atom stereocenters. The molecule has 3 rings (SSSR count). The van der Waals surface area contributed by atoms with E-state index in [1.54, 1.807) is 18.2 Å². The van der Waals surface area contributed by atoms with Gasteiger partial charge in [-0.15, -0.1) is 0 Å². The van der Waals surface area contributed by atoms with Crippen LogP contribution in [0.2, 0.25) is 0 Å². The average Bonchev–Trinajstić information content (AvgIpc) is 3.07. The lowest BCUT2D eigenvalue weighted by molar-refractivity contribution is 0.104. The van der Waals surface area contributed by atoms with Crippen LogP contribution in [0.25, 0.3) is 6.08 Å². The molecule has 0 saturated heterocycles. The van der Waals surface area contributed by atoms with Crippen molar-refractivity contribution in [1.29, 1.82) is 0 Å². The fourth-order valence-corrected chi connectivity index (χ4v) is 2.53. The molecule has 0 aliphatic heterocycles. The average molecular weight is 383 g/mol. The lowest BCUT2D eigenvalue weighted by Crippen LogP contribution is -1.93. The molecule has 3 nitrogen and oxygen atoms in total. The summed E-state index contributed by atoms with van der Waals surface area (Å²) in [4.78, 5) is 12.1. The number of ketones is 1. The molecule has 0 radical (unpaired) electrons. The summed E-state index contributed by atoms with van der Waals surface area (Å²) < 4.78 is 12.1. The maximum Gasteiger partial charge on any atom is 0.186 e. The van der Waals surface area contributed by atoms with Crippen LogP contribution in [0, 0.1) is 0 Å². The molecule has 2 aromatic carbocycles. The Morgan fingerprint density at radius 3 is 2.67 bits per heavy atom. The van der Waals surface area contributed by atoms with Gasteiger partial charge in [-0.1, -0.05) is 46.3 Å². The van der Waals surface area contributed by atoms with Crippen molar-refractivity contribution < 1.29 is 13.9 Å². The third-order valence-electron chi connectivity index (χ3n) is 3.31. The minimum Gasteiger partial charge on any atom is -0.486 e. The Morgan fingerprint density at radius 1 is 1.04 bits per heavy atom. The number of allylic oxidation sites excluding steroid dienone is 1. The molecule has 24 heavy (non-hydrogen) atoms. The van der Waals surface area contributed by atoms with Crippen LogP contribution in [0.15, 0.2) is 81.7 Å². The van der Waals surface area contributed by atoms with Gasteiger partial charge in [0, 0.05) is 10.0 Å². The second-order valence-corrected chi connectivity index (χ2v) is 6.03. The first-order valence-electron chi connectivity index (χ1n) is 7.45. The third-order valence-corrected chi connectivity index (χ3v) is 3.81. The van der Waals surface area contributed by atoms with Crippen molar-refractivity contribution in [1.82, 2.24) is 0 Å². The van der Waals surface area contributed by atoms with Gasteiger partial charge in [-0.05, 0) is 48.6 Å². The zero-order chi connectivity index (χ0) is 16.8. The van der Waals surface area contributed by atoms with Crippen LogP contribution < -0.4 is 4.74 Å². The number of para-hydroxylation sites is 1. The standard InChI is InChI=1S/C20H15BrO3/c21-16-6-4-5-15(13-16)20(22)12-11-18-9-10-19(24-18)14-23-17-7-2-1-3-8-17/h1-13H,14H2/b12-11+. The van der Waals surface area contributed by atoms with E-state index in [1.807, 2.05) is 54.6 Å². The Labute approximate surface area is 148 Å². The maximum absolute atomic E-state index is 12.1. The van der Waals surface area contributed by atoms with Crippen molar-refractivity contribution in [3.05, 3.63) is 94.4 Å². The number of furan rings is 1. The molecule has 3 aromatic rings. The van der Waals surface area contributed by atoms with Crippen molar-refractivity contribution in [2.24, 2.45) is 0 Å². The number of carbonyl (C=O) groups excluding carboxylic acids is 1. The fraction of sp³-hybridized carbons (Fsp3) is 0.0500. The van der Waals surface area contributed by atoms with Crippen LogP contribution in [0.5, 0.6) is 5.75 Å². The molecule has 120 valence electrons. The highest BCUT2D eigenvalue weighted by Crippen LogP contribution is 2.16. The Morgan fingerprint density at radius 2 is 1.88 bits per heavy atom. The summed E-state index contributed by atoms with van der Waals surface area (Å²) in [6.07, 6.45) is 3.16. The van der Waals surface area contributed by atoms with Crippen molar-refractivity contribution in [3.8, 4) is 5.75 Å². The van der Waals surface area contributed by atoms with Gasteiger partial charge in [0.05, 0.1) is 0 Å². The maximum atomic E-state index is 12.1. The van der Waals surface area contributed by atoms with E-state index in [-0.39, 0.29) is 5.78 Å². The van der Waals surface area contributed by atoms with E-state index in [0.717, 1.165) is 10.2 Å². The van der Waals surface area contributed by atoms with Gasteiger partial charge in [0.1, 0.15) is 23.9 Å². The zero-order valence-corrected chi connectivity index (χ0v) is 14.4. The first-order chi connectivity index (χ1) is 11.7. The second kappa shape index (κ2) is 7.79. The summed E-state index contributed by atoms with van der Waals surface area (Å²) >= 11 is 3.36. The van der Waals surface area contributed by atoms with Crippen LogP contribution in [0.1, 0.15) is 21.9 Å². The number of benzene rings is 2. The summed E-state index contributed by atoms with van der Waals surface area (Å²) in [6, 6.07) is 20.5. The van der Waals surface area contributed by atoms with Gasteiger partial charge in [0.2, 0.25) is 0 Å². The topological polar surface area (TPSA) is 39.4 Å². The van der Waals surface area contributed by atoms with Crippen LogP contribution in [0.4, 0.5) is 0 Å². The van der Waals surface area contributed by atoms with Crippen molar-refractivity contribution >= 4 is 27.8 Å². The van der Waals surface area contributed by atoms with Crippen LogP contribution in [0.3, 0.4) is 0 Å². The summed E-state index contributed by atoms with van der Waals surface area (Å²) in [5, 5.41) is 0. The van der Waals surface area contributed by atoms with Gasteiger partial charge in [0.25, 0.3) is 0 Å². The number of carbonyl (C=O) groups is 1. The second-order valence-electron chi connectivity index (χ2n) is 5.11. The highest BCUT2D eigenvalue weighted by molar-refractivity contribution is 9.10. The highest BCUT2D eigenvalue weighted by atomic mass is 79.9. The molecule has 0 spiro atoms. The first kappa shape index (κ1) is 16.3. The van der Waals surface area contributed by atoms with Gasteiger partial charge in [-0.2, -0.15) is 0 Å². The summed E-state index contributed by atoms with van der Waals surface area (Å²) in [5.74, 6) is 2.03. The zero-order valence-electron chi connectivity index (χ0n) is 12.8. The monoisotopic (exact) mass is 382 g/mol. The van der Waals surface area contributed by atoms with Gasteiger partial charge in [-0.25, -0.2) is 0 Å². The number of rotatable bonds is 6. The SMILES string of the molecule is O=C(/C=C/c1ccc(COc2ccccc2)o1)c1cccc(Br)c1. The van der Waals surface area contributed by atoms with E-state index in [2.05, 4.69) is 15.9 Å². The van der Waals surface area contributed by atoms with Gasteiger partial charge < -0.3 is 9.15 Å². The van der Waals surface area contributed by atoms with E-state index in [1.165, 1.54) is 6.08 Å². The largest absolute Gasteiger partial charge is 0.486 e. The van der Waals surface area contributed by atoms with Crippen LogP contribution in [-0.2, 0) is 6.61 Å². The normalized spacial score (nSPS) is 10.9. The lowest BCUT2D eigenvalue weighted by atomic mass is 10.1. The lowest BCUT2D eigenvalue weighted by Gasteiger charge is -2.02. The number of ether oxygens (including phenoxy) is 1. The number of hydrogen-bond donors (Lipinski definition) is 0. The molecule has 0 aliphatic carbocycles. The first-order valence-corrected chi connectivity index (χ1v) is 8.24. The molecule has 0 amide bonds. The number of hydrogen-bond acceptors (Lipinski definition) is 3. The number of halogens is 1. The predicted octanol–water partition coefficient (Wildman–Crippen LogP) is 5.52. The fourth-order valence-electron chi connectivity index (χ4n) is 2.13. The van der Waals surface area contributed by atoms with E-state index in [9.17, 15) is 4.79 Å². The van der Waals surface area contributed by atoms with Crippen LogP contribution in [-0.4, -0.2) is 5.78 Å². The predicted molar refractivity (Wildman–Crippen MR) is 97.0 cm³/mol. The molecule has 0 aliphatic rings.